The minimum atomic E-state index is -0.458. The highest BCUT2D eigenvalue weighted by Crippen LogP contribution is 2.34. The molecule has 0 spiro atoms. The van der Waals surface area contributed by atoms with E-state index >= 15 is 0 Å². The Morgan fingerprint density at radius 2 is 1.79 bits per heavy atom. The first-order valence-corrected chi connectivity index (χ1v) is 10.2. The normalized spacial score (nSPS) is 18.6. The van der Waals surface area contributed by atoms with Gasteiger partial charge in [0.1, 0.15) is 5.82 Å². The molecule has 0 N–H and O–H groups in total. The molecule has 0 radical (unpaired) electrons. The number of rotatable bonds is 4. The maximum absolute atomic E-state index is 13.2. The summed E-state index contributed by atoms with van der Waals surface area (Å²) in [5.41, 5.74) is 2.57. The molecule has 2 heterocycles. The molecule has 0 atom stereocenters. The van der Waals surface area contributed by atoms with Crippen molar-refractivity contribution in [3.63, 3.8) is 0 Å². The van der Waals surface area contributed by atoms with E-state index in [9.17, 15) is 14.0 Å². The zero-order chi connectivity index (χ0) is 19.7. The van der Waals surface area contributed by atoms with E-state index in [2.05, 4.69) is 4.90 Å². The van der Waals surface area contributed by atoms with Crippen LogP contribution >= 0.6 is 23.4 Å². The third kappa shape index (κ3) is 3.93. The Morgan fingerprint density at radius 3 is 2.46 bits per heavy atom. The fourth-order valence-electron chi connectivity index (χ4n) is 3.36. The van der Waals surface area contributed by atoms with Crippen LogP contribution in [0.2, 0.25) is 5.02 Å². The predicted molar refractivity (Wildman–Crippen MR) is 111 cm³/mol. The number of carbonyl (C=O) groups excluding carboxylic acids is 2. The monoisotopic (exact) mass is 416 g/mol. The Hall–Kier alpha value is -2.31. The molecule has 4 nitrogen and oxygen atoms in total. The first-order valence-electron chi connectivity index (χ1n) is 9.05. The van der Waals surface area contributed by atoms with Gasteiger partial charge in [-0.15, -0.1) is 0 Å². The summed E-state index contributed by atoms with van der Waals surface area (Å²) < 4.78 is 13.2. The molecule has 2 aromatic carbocycles. The van der Waals surface area contributed by atoms with Gasteiger partial charge in [0.25, 0.3) is 11.1 Å². The van der Waals surface area contributed by atoms with Crippen LogP contribution in [-0.4, -0.2) is 29.1 Å². The van der Waals surface area contributed by atoms with Crippen LogP contribution in [0.3, 0.4) is 0 Å². The van der Waals surface area contributed by atoms with Gasteiger partial charge in [-0.05, 0) is 66.1 Å². The van der Waals surface area contributed by atoms with E-state index in [4.69, 9.17) is 11.6 Å². The van der Waals surface area contributed by atoms with E-state index in [1.807, 2.05) is 24.3 Å². The molecule has 0 unspecified atom stereocenters. The highest BCUT2D eigenvalue weighted by Gasteiger charge is 2.35. The number of nitrogens with zero attached hydrogens (tertiary/aromatic N) is 2. The Bertz CT molecular complexity index is 955. The van der Waals surface area contributed by atoms with Gasteiger partial charge in [0, 0.05) is 23.8 Å². The molecular formula is C21H18ClFN2O2S. The first-order chi connectivity index (χ1) is 13.5. The molecule has 28 heavy (non-hydrogen) atoms. The van der Waals surface area contributed by atoms with Crippen LogP contribution in [0.25, 0.3) is 6.08 Å². The van der Waals surface area contributed by atoms with Gasteiger partial charge in [-0.25, -0.2) is 4.39 Å². The molecule has 144 valence electrons. The summed E-state index contributed by atoms with van der Waals surface area (Å²) in [4.78, 5) is 28.8. The maximum atomic E-state index is 13.2. The summed E-state index contributed by atoms with van der Waals surface area (Å²) in [6, 6.07) is 11.9. The van der Waals surface area contributed by atoms with Crippen molar-refractivity contribution >= 4 is 46.3 Å². The summed E-state index contributed by atoms with van der Waals surface area (Å²) >= 11 is 6.93. The van der Waals surface area contributed by atoms with E-state index < -0.39 is 5.82 Å². The fourth-order valence-corrected chi connectivity index (χ4v) is 4.43. The highest BCUT2D eigenvalue weighted by atomic mass is 35.5. The molecule has 2 aromatic rings. The van der Waals surface area contributed by atoms with E-state index in [1.54, 1.807) is 6.08 Å². The average molecular weight is 417 g/mol. The number of anilines is 1. The van der Waals surface area contributed by atoms with Crippen LogP contribution in [-0.2, 0) is 11.3 Å². The predicted octanol–water partition coefficient (Wildman–Crippen LogP) is 5.32. The highest BCUT2D eigenvalue weighted by molar-refractivity contribution is 8.18. The molecule has 2 amide bonds. The second-order valence-electron chi connectivity index (χ2n) is 6.79. The van der Waals surface area contributed by atoms with Crippen LogP contribution in [0.15, 0.2) is 47.4 Å². The van der Waals surface area contributed by atoms with Crippen LogP contribution in [0.5, 0.6) is 0 Å². The number of amides is 2. The zero-order valence-corrected chi connectivity index (χ0v) is 16.6. The lowest BCUT2D eigenvalue weighted by Crippen LogP contribution is -2.27. The largest absolute Gasteiger partial charge is 0.372 e. The van der Waals surface area contributed by atoms with Gasteiger partial charge in [0.2, 0.25) is 0 Å². The molecule has 2 saturated heterocycles. The molecule has 7 heteroatoms. The van der Waals surface area contributed by atoms with Gasteiger partial charge in [-0.1, -0.05) is 29.8 Å². The summed E-state index contributed by atoms with van der Waals surface area (Å²) in [5, 5.41) is -0.161. The molecule has 2 fully saturated rings. The fraction of sp³-hybridized carbons (Fsp3) is 0.238. The van der Waals surface area contributed by atoms with E-state index in [-0.39, 0.29) is 22.7 Å². The number of halogens is 2. The molecule has 0 aliphatic carbocycles. The smallest absolute Gasteiger partial charge is 0.293 e. The van der Waals surface area contributed by atoms with E-state index in [0.717, 1.165) is 35.3 Å². The molecule has 2 aliphatic rings. The van der Waals surface area contributed by atoms with Crippen molar-refractivity contribution in [2.45, 2.75) is 19.4 Å². The lowest BCUT2D eigenvalue weighted by molar-refractivity contribution is -0.123. The number of carbonyl (C=O) groups is 2. The van der Waals surface area contributed by atoms with Crippen LogP contribution < -0.4 is 4.90 Å². The standard InChI is InChI=1S/C21H18ClFN2O2S/c22-18-12-16(23)6-5-15(18)13-25-20(26)19(28-21(25)27)11-14-3-7-17(8-4-14)24-9-1-2-10-24/h3-8,11-12H,1-2,9-10,13H2. The topological polar surface area (TPSA) is 40.6 Å². The Balaban J connectivity index is 1.50. The van der Waals surface area contributed by atoms with Crippen molar-refractivity contribution in [2.75, 3.05) is 18.0 Å². The van der Waals surface area contributed by atoms with Crippen LogP contribution in [0, 0.1) is 5.82 Å². The molecule has 0 saturated carbocycles. The molecule has 2 aliphatic heterocycles. The lowest BCUT2D eigenvalue weighted by Gasteiger charge is -2.17. The van der Waals surface area contributed by atoms with Crippen molar-refractivity contribution in [3.05, 3.63) is 69.3 Å². The van der Waals surface area contributed by atoms with Crippen LogP contribution in [0.4, 0.5) is 14.9 Å². The molecule has 0 aromatic heterocycles. The molecular weight excluding hydrogens is 399 g/mol. The third-order valence-electron chi connectivity index (χ3n) is 4.88. The number of hydrogen-bond donors (Lipinski definition) is 0. The van der Waals surface area contributed by atoms with E-state index in [0.29, 0.717) is 10.5 Å². The number of thioether (sulfide) groups is 1. The van der Waals surface area contributed by atoms with Crippen molar-refractivity contribution < 1.29 is 14.0 Å². The SMILES string of the molecule is O=C1SC(=Cc2ccc(N3CCCC3)cc2)C(=O)N1Cc1ccc(F)cc1Cl. The lowest BCUT2D eigenvalue weighted by atomic mass is 10.1. The Labute approximate surface area is 172 Å². The Morgan fingerprint density at radius 1 is 1.07 bits per heavy atom. The van der Waals surface area contributed by atoms with Gasteiger partial charge in [-0.2, -0.15) is 0 Å². The van der Waals surface area contributed by atoms with Gasteiger partial charge in [-0.3, -0.25) is 14.5 Å². The second kappa shape index (κ2) is 7.97. The first kappa shape index (κ1) is 19.0. The second-order valence-corrected chi connectivity index (χ2v) is 8.19. The van der Waals surface area contributed by atoms with Gasteiger partial charge in [0.15, 0.2) is 0 Å². The number of hydrogen-bond acceptors (Lipinski definition) is 4. The summed E-state index contributed by atoms with van der Waals surface area (Å²) in [6.45, 7) is 2.17. The summed E-state index contributed by atoms with van der Waals surface area (Å²) in [6.07, 6.45) is 4.16. The molecule has 0 bridgehead atoms. The minimum Gasteiger partial charge on any atom is -0.372 e. The number of benzene rings is 2. The van der Waals surface area contributed by atoms with Crippen molar-refractivity contribution in [1.29, 1.82) is 0 Å². The quantitative estimate of drug-likeness (QED) is 0.633. The average Bonchev–Trinajstić information content (AvgIpc) is 3.29. The van der Waals surface area contributed by atoms with Crippen LogP contribution in [0.1, 0.15) is 24.0 Å². The zero-order valence-electron chi connectivity index (χ0n) is 15.0. The summed E-state index contributed by atoms with van der Waals surface area (Å²) in [5.74, 6) is -0.820. The van der Waals surface area contributed by atoms with Gasteiger partial charge >= 0.3 is 0 Å². The van der Waals surface area contributed by atoms with Crippen molar-refractivity contribution in [3.8, 4) is 0 Å². The number of imide groups is 1. The maximum Gasteiger partial charge on any atom is 0.293 e. The van der Waals surface area contributed by atoms with Crippen molar-refractivity contribution in [2.24, 2.45) is 0 Å². The van der Waals surface area contributed by atoms with Gasteiger partial charge in [0.05, 0.1) is 11.4 Å². The third-order valence-corrected chi connectivity index (χ3v) is 6.14. The van der Waals surface area contributed by atoms with E-state index in [1.165, 1.54) is 36.7 Å². The molecule has 4 rings (SSSR count). The van der Waals surface area contributed by atoms with Crippen molar-refractivity contribution in [1.82, 2.24) is 4.90 Å². The van der Waals surface area contributed by atoms with Gasteiger partial charge < -0.3 is 4.90 Å². The minimum absolute atomic E-state index is 0.0228. The Kier molecular flexibility index (Phi) is 5.42. The summed E-state index contributed by atoms with van der Waals surface area (Å²) in [7, 11) is 0.